The molecule has 0 bridgehead atoms. The lowest BCUT2D eigenvalue weighted by molar-refractivity contribution is 0.793. The fourth-order valence-corrected chi connectivity index (χ4v) is 3.54. The zero-order valence-corrected chi connectivity index (χ0v) is 13.7. The Morgan fingerprint density at radius 1 is 1.29 bits per heavy atom. The normalized spacial score (nSPS) is 11.0. The molecule has 0 aliphatic carbocycles. The van der Waals surface area contributed by atoms with Crippen molar-refractivity contribution in [3.8, 4) is 11.4 Å². The Morgan fingerprint density at radius 3 is 2.86 bits per heavy atom. The van der Waals surface area contributed by atoms with Gasteiger partial charge in [-0.05, 0) is 36.3 Å². The number of hydrogen-bond donors (Lipinski definition) is 0. The standard InChI is InChI=1S/C14H15N5S2/c1-4-11-15-14(21-18-11)20-13-17-16-12(19(13)3)10-7-5-6-9(2)8-10/h5-8H,4H2,1-3H3. The number of aromatic nitrogens is 5. The molecule has 0 aliphatic heterocycles. The molecule has 21 heavy (non-hydrogen) atoms. The van der Waals surface area contributed by atoms with Crippen molar-refractivity contribution in [3.63, 3.8) is 0 Å². The van der Waals surface area contributed by atoms with Crippen molar-refractivity contribution < 1.29 is 0 Å². The van der Waals surface area contributed by atoms with Gasteiger partial charge in [-0.15, -0.1) is 10.2 Å². The molecule has 0 fully saturated rings. The average molecular weight is 317 g/mol. The van der Waals surface area contributed by atoms with Gasteiger partial charge in [-0.25, -0.2) is 4.98 Å². The molecule has 2 heterocycles. The lowest BCUT2D eigenvalue weighted by atomic mass is 10.1. The largest absolute Gasteiger partial charge is 0.305 e. The van der Waals surface area contributed by atoms with E-state index in [4.69, 9.17) is 0 Å². The molecule has 5 nitrogen and oxygen atoms in total. The van der Waals surface area contributed by atoms with E-state index < -0.39 is 0 Å². The van der Waals surface area contributed by atoms with Gasteiger partial charge in [-0.3, -0.25) is 0 Å². The molecule has 0 spiro atoms. The van der Waals surface area contributed by atoms with Gasteiger partial charge in [0.15, 0.2) is 15.3 Å². The highest BCUT2D eigenvalue weighted by molar-refractivity contribution is 8.00. The van der Waals surface area contributed by atoms with Crippen LogP contribution in [0.2, 0.25) is 0 Å². The van der Waals surface area contributed by atoms with Gasteiger partial charge in [-0.2, -0.15) is 4.37 Å². The van der Waals surface area contributed by atoms with Crippen LogP contribution in [0.15, 0.2) is 33.8 Å². The number of nitrogens with zero attached hydrogens (tertiary/aromatic N) is 5. The molecular formula is C14H15N5S2. The summed E-state index contributed by atoms with van der Waals surface area (Å²) in [6, 6.07) is 8.26. The first-order valence-corrected chi connectivity index (χ1v) is 8.23. The van der Waals surface area contributed by atoms with Crippen LogP contribution < -0.4 is 0 Å². The first-order valence-electron chi connectivity index (χ1n) is 6.64. The molecule has 1 aromatic carbocycles. The van der Waals surface area contributed by atoms with Gasteiger partial charge >= 0.3 is 0 Å². The van der Waals surface area contributed by atoms with E-state index in [1.807, 2.05) is 23.7 Å². The molecule has 3 aromatic rings. The minimum absolute atomic E-state index is 0.824. The van der Waals surface area contributed by atoms with Gasteiger partial charge in [-0.1, -0.05) is 30.7 Å². The van der Waals surface area contributed by atoms with Crippen LogP contribution in [0.5, 0.6) is 0 Å². The van der Waals surface area contributed by atoms with E-state index in [2.05, 4.69) is 45.5 Å². The van der Waals surface area contributed by atoms with Crippen molar-refractivity contribution in [1.29, 1.82) is 0 Å². The molecule has 0 aliphatic rings. The summed E-state index contributed by atoms with van der Waals surface area (Å²) in [7, 11) is 1.97. The third-order valence-corrected chi connectivity index (χ3v) is 4.88. The monoisotopic (exact) mass is 317 g/mol. The van der Waals surface area contributed by atoms with Crippen LogP contribution in [0.25, 0.3) is 11.4 Å². The first-order chi connectivity index (χ1) is 10.2. The van der Waals surface area contributed by atoms with E-state index in [-0.39, 0.29) is 0 Å². The molecule has 0 amide bonds. The van der Waals surface area contributed by atoms with E-state index >= 15 is 0 Å². The molecule has 0 atom stereocenters. The smallest absolute Gasteiger partial charge is 0.198 e. The summed E-state index contributed by atoms with van der Waals surface area (Å²) in [6.07, 6.45) is 0.852. The number of rotatable bonds is 4. The third kappa shape index (κ3) is 2.98. The summed E-state index contributed by atoms with van der Waals surface area (Å²) in [4.78, 5) is 4.45. The maximum Gasteiger partial charge on any atom is 0.198 e. The number of benzene rings is 1. The van der Waals surface area contributed by atoms with Crippen molar-refractivity contribution in [1.82, 2.24) is 24.1 Å². The summed E-state index contributed by atoms with van der Waals surface area (Å²) >= 11 is 2.91. The minimum atomic E-state index is 0.824. The van der Waals surface area contributed by atoms with Crippen molar-refractivity contribution in [2.75, 3.05) is 0 Å². The average Bonchev–Trinajstić information content (AvgIpc) is 3.07. The van der Waals surface area contributed by atoms with Crippen LogP contribution in [0.3, 0.4) is 0 Å². The molecule has 0 radical (unpaired) electrons. The van der Waals surface area contributed by atoms with Crippen LogP contribution in [-0.4, -0.2) is 24.1 Å². The van der Waals surface area contributed by atoms with Crippen LogP contribution >= 0.6 is 23.3 Å². The Kier molecular flexibility index (Phi) is 4.03. The molecule has 7 heteroatoms. The predicted molar refractivity (Wildman–Crippen MR) is 84.6 cm³/mol. The van der Waals surface area contributed by atoms with E-state index in [0.29, 0.717) is 0 Å². The molecule has 0 N–H and O–H groups in total. The number of hydrogen-bond acceptors (Lipinski definition) is 6. The Morgan fingerprint density at radius 2 is 2.14 bits per heavy atom. The molecule has 0 saturated heterocycles. The summed E-state index contributed by atoms with van der Waals surface area (Å²) < 4.78 is 7.18. The molecule has 0 saturated carbocycles. The van der Waals surface area contributed by atoms with Gasteiger partial charge in [0, 0.05) is 19.0 Å². The summed E-state index contributed by atoms with van der Waals surface area (Å²) in [5, 5.41) is 9.39. The zero-order valence-electron chi connectivity index (χ0n) is 12.1. The van der Waals surface area contributed by atoms with Crippen molar-refractivity contribution in [3.05, 3.63) is 35.7 Å². The SMILES string of the molecule is CCc1nsc(Sc2nnc(-c3cccc(C)c3)n2C)n1. The first kappa shape index (κ1) is 14.2. The second kappa shape index (κ2) is 5.95. The molecule has 0 unspecified atom stereocenters. The summed E-state index contributed by atoms with van der Waals surface area (Å²) in [5.41, 5.74) is 2.28. The minimum Gasteiger partial charge on any atom is -0.305 e. The summed E-state index contributed by atoms with van der Waals surface area (Å²) in [5.74, 6) is 1.74. The Hall–Kier alpha value is -1.73. The van der Waals surface area contributed by atoms with Crippen molar-refractivity contribution >= 4 is 23.3 Å². The quantitative estimate of drug-likeness (QED) is 0.738. The van der Waals surface area contributed by atoms with E-state index in [1.54, 1.807) is 0 Å². The maximum atomic E-state index is 4.45. The molecule has 3 rings (SSSR count). The lowest BCUT2D eigenvalue weighted by Gasteiger charge is -2.03. The van der Waals surface area contributed by atoms with Crippen LogP contribution in [0, 0.1) is 6.92 Å². The zero-order chi connectivity index (χ0) is 14.8. The fraction of sp³-hybridized carbons (Fsp3) is 0.286. The Labute approximate surface area is 131 Å². The third-order valence-electron chi connectivity index (χ3n) is 3.06. The van der Waals surface area contributed by atoms with Crippen LogP contribution in [0.1, 0.15) is 18.3 Å². The Balaban J connectivity index is 1.88. The molecular weight excluding hydrogens is 302 g/mol. The second-order valence-electron chi connectivity index (χ2n) is 4.67. The van der Waals surface area contributed by atoms with Crippen molar-refractivity contribution in [2.24, 2.45) is 7.05 Å². The van der Waals surface area contributed by atoms with Gasteiger partial charge < -0.3 is 4.57 Å². The highest BCUT2D eigenvalue weighted by Gasteiger charge is 2.14. The highest BCUT2D eigenvalue weighted by atomic mass is 32.2. The van der Waals surface area contributed by atoms with E-state index in [1.165, 1.54) is 28.9 Å². The fourth-order valence-electron chi connectivity index (χ4n) is 1.94. The van der Waals surface area contributed by atoms with Crippen LogP contribution in [0.4, 0.5) is 0 Å². The maximum absolute atomic E-state index is 4.45. The van der Waals surface area contributed by atoms with Gasteiger partial charge in [0.2, 0.25) is 0 Å². The van der Waals surface area contributed by atoms with E-state index in [0.717, 1.165) is 33.1 Å². The van der Waals surface area contributed by atoms with Gasteiger partial charge in [0.05, 0.1) is 0 Å². The summed E-state index contributed by atoms with van der Waals surface area (Å²) in [6.45, 7) is 4.12. The lowest BCUT2D eigenvalue weighted by Crippen LogP contribution is -1.94. The Bertz CT molecular complexity index is 762. The highest BCUT2D eigenvalue weighted by Crippen LogP contribution is 2.29. The van der Waals surface area contributed by atoms with Crippen LogP contribution in [-0.2, 0) is 13.5 Å². The van der Waals surface area contributed by atoms with E-state index in [9.17, 15) is 0 Å². The second-order valence-corrected chi connectivity index (χ2v) is 6.63. The topological polar surface area (TPSA) is 56.5 Å². The molecule has 2 aromatic heterocycles. The van der Waals surface area contributed by atoms with Gasteiger partial charge in [0.1, 0.15) is 5.82 Å². The van der Waals surface area contributed by atoms with Gasteiger partial charge in [0.25, 0.3) is 0 Å². The molecule has 108 valence electrons. The predicted octanol–water partition coefficient (Wildman–Crippen LogP) is 3.36. The number of aryl methyl sites for hydroxylation is 2. The van der Waals surface area contributed by atoms with Crippen molar-refractivity contribution in [2.45, 2.75) is 29.8 Å².